The summed E-state index contributed by atoms with van der Waals surface area (Å²) < 4.78 is 0. The topological polar surface area (TPSA) is 82.2 Å². The number of carbonyl (C=O) groups excluding carboxylic acids is 1. The van der Waals surface area contributed by atoms with Gasteiger partial charge in [0.1, 0.15) is 5.82 Å². The summed E-state index contributed by atoms with van der Waals surface area (Å²) in [4.78, 5) is 23.2. The third-order valence-corrected chi connectivity index (χ3v) is 5.12. The van der Waals surface area contributed by atoms with E-state index in [2.05, 4.69) is 25.9 Å². The molecule has 2 aromatic rings. The molecule has 8 heteroatoms. The van der Waals surface area contributed by atoms with Crippen LogP contribution in [0.4, 0.5) is 22.2 Å². The fourth-order valence-electron chi connectivity index (χ4n) is 3.41. The van der Waals surface area contributed by atoms with Crippen LogP contribution in [0.5, 0.6) is 0 Å². The van der Waals surface area contributed by atoms with Crippen molar-refractivity contribution in [3.63, 3.8) is 0 Å². The molecule has 28 heavy (non-hydrogen) atoms. The average molecular weight is 403 g/mol. The highest BCUT2D eigenvalue weighted by Crippen LogP contribution is 2.23. The molecule has 0 radical (unpaired) electrons. The minimum atomic E-state index is -0.184. The summed E-state index contributed by atoms with van der Waals surface area (Å²) in [6.07, 6.45) is 5.59. The number of benzene rings is 1. The van der Waals surface area contributed by atoms with Crippen LogP contribution < -0.4 is 20.9 Å². The Morgan fingerprint density at radius 2 is 1.75 bits per heavy atom. The first-order chi connectivity index (χ1) is 13.4. The van der Waals surface area contributed by atoms with E-state index in [0.717, 1.165) is 42.8 Å². The first-order valence-electron chi connectivity index (χ1n) is 9.51. The minimum absolute atomic E-state index is 0.168. The first-order valence-corrected chi connectivity index (χ1v) is 9.89. The fourth-order valence-corrected chi connectivity index (χ4v) is 3.53. The van der Waals surface area contributed by atoms with E-state index >= 15 is 0 Å². The van der Waals surface area contributed by atoms with Gasteiger partial charge in [-0.05, 0) is 56.9 Å². The summed E-state index contributed by atoms with van der Waals surface area (Å²) in [6.45, 7) is 2.01. The number of nitrogens with zero attached hydrogens (tertiary/aromatic N) is 3. The molecule has 1 aromatic carbocycles. The lowest BCUT2D eigenvalue weighted by atomic mass is 9.91. The largest absolute Gasteiger partial charge is 0.362 e. The maximum Gasteiger partial charge on any atom is 0.319 e. The molecule has 0 atom stereocenters. The zero-order valence-electron chi connectivity index (χ0n) is 16.5. The van der Waals surface area contributed by atoms with Crippen LogP contribution in [-0.2, 0) is 0 Å². The van der Waals surface area contributed by atoms with Crippen LogP contribution in [0.2, 0.25) is 5.02 Å². The summed E-state index contributed by atoms with van der Waals surface area (Å²) >= 11 is 5.86. The van der Waals surface area contributed by atoms with Crippen LogP contribution in [0.3, 0.4) is 0 Å². The molecule has 1 heterocycles. The third kappa shape index (κ3) is 5.48. The molecule has 1 aromatic heterocycles. The number of hydrogen-bond acceptors (Lipinski definition) is 5. The van der Waals surface area contributed by atoms with Crippen LogP contribution in [0, 0.1) is 6.92 Å². The van der Waals surface area contributed by atoms with Gasteiger partial charge in [0.2, 0.25) is 5.95 Å². The zero-order valence-corrected chi connectivity index (χ0v) is 17.3. The maximum atomic E-state index is 12.2. The number of rotatable bonds is 5. The number of halogens is 1. The minimum Gasteiger partial charge on any atom is -0.362 e. The molecule has 0 aliphatic heterocycles. The monoisotopic (exact) mass is 402 g/mol. The number of anilines is 3. The zero-order chi connectivity index (χ0) is 20.1. The van der Waals surface area contributed by atoms with Crippen molar-refractivity contribution in [2.75, 3.05) is 29.6 Å². The second-order valence-corrected chi connectivity index (χ2v) is 7.83. The highest BCUT2D eigenvalue weighted by Gasteiger charge is 2.23. The molecule has 2 amide bonds. The van der Waals surface area contributed by atoms with Gasteiger partial charge in [0.15, 0.2) is 0 Å². The van der Waals surface area contributed by atoms with Crippen molar-refractivity contribution in [2.24, 2.45) is 0 Å². The number of carbonyl (C=O) groups is 1. The highest BCUT2D eigenvalue weighted by molar-refractivity contribution is 6.30. The molecule has 1 saturated carbocycles. The second-order valence-electron chi connectivity index (χ2n) is 7.39. The van der Waals surface area contributed by atoms with E-state index in [1.165, 1.54) is 0 Å². The van der Waals surface area contributed by atoms with E-state index in [-0.39, 0.29) is 12.1 Å². The number of nitrogens with one attached hydrogen (secondary N) is 3. The molecule has 1 fully saturated rings. The molecule has 1 aliphatic carbocycles. The normalized spacial score (nSPS) is 19.0. The molecule has 7 nitrogen and oxygen atoms in total. The van der Waals surface area contributed by atoms with Crippen molar-refractivity contribution in [3.8, 4) is 0 Å². The van der Waals surface area contributed by atoms with Crippen molar-refractivity contribution in [3.05, 3.63) is 41.0 Å². The van der Waals surface area contributed by atoms with Crippen molar-refractivity contribution < 1.29 is 4.79 Å². The van der Waals surface area contributed by atoms with Crippen LogP contribution in [-0.4, -0.2) is 42.2 Å². The Morgan fingerprint density at radius 3 is 2.39 bits per heavy atom. The average Bonchev–Trinajstić information content (AvgIpc) is 2.66. The Kier molecular flexibility index (Phi) is 6.57. The van der Waals surface area contributed by atoms with Gasteiger partial charge in [0, 0.05) is 48.6 Å². The second kappa shape index (κ2) is 9.10. The van der Waals surface area contributed by atoms with Crippen LogP contribution >= 0.6 is 11.6 Å². The Bertz CT molecular complexity index is 803. The number of aromatic nitrogens is 2. The lowest BCUT2D eigenvalue weighted by molar-refractivity contribution is 0.243. The lowest BCUT2D eigenvalue weighted by Crippen LogP contribution is -2.42. The maximum absolute atomic E-state index is 12.2. The van der Waals surface area contributed by atoms with Crippen molar-refractivity contribution in [1.82, 2.24) is 15.3 Å². The molecular formula is C20H27ClN6O. The molecule has 3 N–H and O–H groups in total. The van der Waals surface area contributed by atoms with Gasteiger partial charge in [-0.3, -0.25) is 0 Å². The Morgan fingerprint density at radius 1 is 1.11 bits per heavy atom. The third-order valence-electron chi connectivity index (χ3n) is 4.87. The van der Waals surface area contributed by atoms with Crippen molar-refractivity contribution >= 4 is 35.1 Å². The summed E-state index contributed by atoms with van der Waals surface area (Å²) in [7, 11) is 3.95. The molecule has 0 bridgehead atoms. The molecule has 1 aliphatic rings. The van der Waals surface area contributed by atoms with E-state index < -0.39 is 0 Å². The van der Waals surface area contributed by atoms with Gasteiger partial charge in [-0.15, -0.1) is 0 Å². The van der Waals surface area contributed by atoms with E-state index in [0.29, 0.717) is 17.0 Å². The summed E-state index contributed by atoms with van der Waals surface area (Å²) in [6, 6.07) is 7.37. The summed E-state index contributed by atoms with van der Waals surface area (Å²) in [5.41, 5.74) is 1.78. The lowest BCUT2D eigenvalue weighted by Gasteiger charge is -2.30. The van der Waals surface area contributed by atoms with E-state index in [9.17, 15) is 4.79 Å². The van der Waals surface area contributed by atoms with Crippen LogP contribution in [0.1, 0.15) is 31.2 Å². The standard InChI is InChI=1S/C20H27ClN6O/c1-13-12-22-19(26-18(13)27(2)3)23-15-8-10-17(11-9-15)25-20(28)24-16-6-4-14(21)5-7-16/h4-7,12,15,17H,8-11H2,1-3H3,(H,22,23,26)(H2,24,25,28)/t15-,17+. The predicted octanol–water partition coefficient (Wildman–Crippen LogP) is 4.05. The molecule has 3 rings (SSSR count). The number of urea groups is 1. The fraction of sp³-hybridized carbons (Fsp3) is 0.450. The molecule has 0 spiro atoms. The SMILES string of the molecule is Cc1cnc(N[C@H]2CC[C@@H](NC(=O)Nc3ccc(Cl)cc3)CC2)nc1N(C)C. The summed E-state index contributed by atoms with van der Waals surface area (Å²) in [5, 5.41) is 9.97. The summed E-state index contributed by atoms with van der Waals surface area (Å²) in [5.74, 6) is 1.58. The smallest absolute Gasteiger partial charge is 0.319 e. The van der Waals surface area contributed by atoms with Gasteiger partial charge in [0.25, 0.3) is 0 Å². The van der Waals surface area contributed by atoms with Crippen LogP contribution in [0.15, 0.2) is 30.5 Å². The molecular weight excluding hydrogens is 376 g/mol. The Hall–Kier alpha value is -2.54. The van der Waals surface area contributed by atoms with Gasteiger partial charge >= 0.3 is 6.03 Å². The Labute approximate surface area is 170 Å². The predicted molar refractivity (Wildman–Crippen MR) is 114 cm³/mol. The molecule has 0 unspecified atom stereocenters. The van der Waals surface area contributed by atoms with Gasteiger partial charge in [-0.2, -0.15) is 4.98 Å². The quantitative estimate of drug-likeness (QED) is 0.702. The van der Waals surface area contributed by atoms with E-state index in [4.69, 9.17) is 11.6 Å². The van der Waals surface area contributed by atoms with Crippen molar-refractivity contribution in [2.45, 2.75) is 44.7 Å². The van der Waals surface area contributed by atoms with Crippen LogP contribution in [0.25, 0.3) is 0 Å². The van der Waals surface area contributed by atoms with E-state index in [1.807, 2.05) is 32.1 Å². The van der Waals surface area contributed by atoms with Gasteiger partial charge < -0.3 is 20.9 Å². The molecule has 0 saturated heterocycles. The number of hydrogen-bond donors (Lipinski definition) is 3. The molecule has 150 valence electrons. The number of aryl methyl sites for hydroxylation is 1. The van der Waals surface area contributed by atoms with Crippen molar-refractivity contribution in [1.29, 1.82) is 0 Å². The van der Waals surface area contributed by atoms with E-state index in [1.54, 1.807) is 24.3 Å². The number of amides is 2. The van der Waals surface area contributed by atoms with Gasteiger partial charge in [0.05, 0.1) is 0 Å². The Balaban J connectivity index is 1.46. The first kappa shape index (κ1) is 20.2. The van der Waals surface area contributed by atoms with Gasteiger partial charge in [-0.25, -0.2) is 9.78 Å². The highest BCUT2D eigenvalue weighted by atomic mass is 35.5. The van der Waals surface area contributed by atoms with Gasteiger partial charge in [-0.1, -0.05) is 11.6 Å².